The Bertz CT molecular complexity index is 815. The molecule has 2 rings (SSSR count). The number of rotatable bonds is 7. The minimum atomic E-state index is -3.77. The third-order valence-electron chi connectivity index (χ3n) is 4.15. The van der Waals surface area contributed by atoms with Crippen molar-refractivity contribution in [3.8, 4) is 0 Å². The summed E-state index contributed by atoms with van der Waals surface area (Å²) in [6.45, 7) is 5.67. The summed E-state index contributed by atoms with van der Waals surface area (Å²) < 4.78 is 28.3. The third-order valence-corrected chi connectivity index (χ3v) is 5.86. The number of hydrogen-bond donors (Lipinski definition) is 1. The number of nitrogens with one attached hydrogen (secondary N) is 1. The van der Waals surface area contributed by atoms with Crippen LogP contribution in [-0.2, 0) is 14.8 Å². The van der Waals surface area contributed by atoms with Gasteiger partial charge in [-0.2, -0.15) is 0 Å². The van der Waals surface area contributed by atoms with Crippen LogP contribution in [0.15, 0.2) is 53.4 Å². The van der Waals surface area contributed by atoms with Crippen LogP contribution in [-0.4, -0.2) is 14.7 Å². The topological polar surface area (TPSA) is 63.2 Å². The molecule has 0 fully saturated rings. The lowest BCUT2D eigenvalue weighted by Crippen LogP contribution is -2.36. The molecular weight excluding hydrogens is 358 g/mol. The fourth-order valence-electron chi connectivity index (χ4n) is 2.61. The van der Waals surface area contributed by atoms with Crippen molar-refractivity contribution in [1.29, 1.82) is 0 Å². The van der Waals surface area contributed by atoms with Crippen molar-refractivity contribution in [2.45, 2.75) is 31.7 Å². The number of sulfonamides is 1. The number of hydrogen-bond acceptors (Lipinski definition) is 3. The first-order valence-electron chi connectivity index (χ1n) is 8.04. The van der Waals surface area contributed by atoms with E-state index in [-0.39, 0.29) is 10.8 Å². The van der Waals surface area contributed by atoms with Gasteiger partial charge in [-0.1, -0.05) is 55.3 Å². The molecular formula is C19H22ClNO3S. The van der Waals surface area contributed by atoms with Gasteiger partial charge in [0.1, 0.15) is 6.29 Å². The van der Waals surface area contributed by atoms with Crippen molar-refractivity contribution in [2.75, 3.05) is 0 Å². The number of halogens is 1. The zero-order chi connectivity index (χ0) is 18.6. The second kappa shape index (κ2) is 8.13. The first-order chi connectivity index (χ1) is 11.7. The van der Waals surface area contributed by atoms with Gasteiger partial charge in [0.25, 0.3) is 0 Å². The Morgan fingerprint density at radius 1 is 1.00 bits per heavy atom. The van der Waals surface area contributed by atoms with Gasteiger partial charge in [-0.05, 0) is 42.7 Å². The van der Waals surface area contributed by atoms with Crippen LogP contribution in [0, 0.1) is 18.8 Å². The maximum Gasteiger partial charge on any atom is 0.241 e. The molecule has 134 valence electrons. The van der Waals surface area contributed by atoms with Crippen molar-refractivity contribution in [3.05, 3.63) is 64.7 Å². The van der Waals surface area contributed by atoms with E-state index in [2.05, 4.69) is 4.72 Å². The highest BCUT2D eigenvalue weighted by molar-refractivity contribution is 7.89. The number of aryl methyl sites for hydroxylation is 1. The molecule has 6 heteroatoms. The summed E-state index contributed by atoms with van der Waals surface area (Å²) in [5, 5.41) is 0.552. The average Bonchev–Trinajstić information content (AvgIpc) is 2.55. The van der Waals surface area contributed by atoms with Gasteiger partial charge in [0, 0.05) is 10.9 Å². The maximum atomic E-state index is 12.8. The Kier molecular flexibility index (Phi) is 6.38. The average molecular weight is 380 g/mol. The molecule has 1 N–H and O–H groups in total. The summed E-state index contributed by atoms with van der Waals surface area (Å²) in [5.74, 6) is -0.528. The van der Waals surface area contributed by atoms with Crippen LogP contribution in [0.1, 0.15) is 31.0 Å². The zero-order valence-corrected chi connectivity index (χ0v) is 16.0. The summed E-state index contributed by atoms with van der Waals surface area (Å²) in [7, 11) is -3.77. The standard InChI is InChI=1S/C19H22ClNO3S/c1-13(2)18(12-22)19(15-6-8-16(20)9-7-15)21-25(23,24)17-10-4-14(3)5-11-17/h4-13,18-19,21H,1-3H3/t18-,19-/m1/s1. The minimum absolute atomic E-state index is 0.0288. The van der Waals surface area contributed by atoms with Gasteiger partial charge in [0.2, 0.25) is 10.0 Å². The normalized spacial score (nSPS) is 14.3. The monoisotopic (exact) mass is 379 g/mol. The molecule has 0 aliphatic carbocycles. The van der Waals surface area contributed by atoms with Gasteiger partial charge in [-0.15, -0.1) is 0 Å². The van der Waals surface area contributed by atoms with E-state index in [1.807, 2.05) is 20.8 Å². The smallest absolute Gasteiger partial charge is 0.241 e. The first kappa shape index (κ1) is 19.6. The second-order valence-corrected chi connectivity index (χ2v) is 8.57. The molecule has 0 bridgehead atoms. The molecule has 4 nitrogen and oxygen atoms in total. The molecule has 2 aromatic rings. The highest BCUT2D eigenvalue weighted by Gasteiger charge is 2.30. The third kappa shape index (κ3) is 4.91. The van der Waals surface area contributed by atoms with Gasteiger partial charge in [-0.25, -0.2) is 13.1 Å². The number of carbonyl (C=O) groups excluding carboxylic acids is 1. The van der Waals surface area contributed by atoms with E-state index in [1.165, 1.54) is 0 Å². The van der Waals surface area contributed by atoms with Crippen molar-refractivity contribution in [3.63, 3.8) is 0 Å². The van der Waals surface area contributed by atoms with Crippen molar-refractivity contribution in [1.82, 2.24) is 4.72 Å². The van der Waals surface area contributed by atoms with Crippen LogP contribution in [0.5, 0.6) is 0 Å². The molecule has 0 spiro atoms. The summed E-state index contributed by atoms with van der Waals surface area (Å²) >= 11 is 5.93. The first-order valence-corrected chi connectivity index (χ1v) is 9.90. The zero-order valence-electron chi connectivity index (χ0n) is 14.4. The van der Waals surface area contributed by atoms with E-state index < -0.39 is 22.0 Å². The van der Waals surface area contributed by atoms with E-state index in [9.17, 15) is 13.2 Å². The maximum absolute atomic E-state index is 12.8. The molecule has 2 aromatic carbocycles. The van der Waals surface area contributed by atoms with Crippen molar-refractivity contribution in [2.24, 2.45) is 11.8 Å². The summed E-state index contributed by atoms with van der Waals surface area (Å²) in [5.41, 5.74) is 1.67. The SMILES string of the molecule is Cc1ccc(S(=O)(=O)N[C@H](c2ccc(Cl)cc2)[C@H](C=O)C(C)C)cc1. The van der Waals surface area contributed by atoms with Gasteiger partial charge in [-0.3, -0.25) is 0 Å². The summed E-state index contributed by atoms with van der Waals surface area (Å²) in [6, 6.07) is 12.8. The van der Waals surface area contributed by atoms with Crippen LogP contribution in [0.3, 0.4) is 0 Å². The van der Waals surface area contributed by atoms with E-state index in [4.69, 9.17) is 11.6 Å². The molecule has 0 radical (unpaired) electrons. The largest absolute Gasteiger partial charge is 0.303 e. The van der Waals surface area contributed by atoms with Crippen LogP contribution < -0.4 is 4.72 Å². The Morgan fingerprint density at radius 3 is 2.04 bits per heavy atom. The van der Waals surface area contributed by atoms with Gasteiger partial charge >= 0.3 is 0 Å². The van der Waals surface area contributed by atoms with Gasteiger partial charge in [0.05, 0.1) is 10.9 Å². The molecule has 25 heavy (non-hydrogen) atoms. The quantitative estimate of drug-likeness (QED) is 0.735. The number of benzene rings is 2. The molecule has 0 saturated heterocycles. The van der Waals surface area contributed by atoms with Crippen molar-refractivity contribution < 1.29 is 13.2 Å². The number of carbonyl (C=O) groups is 1. The Morgan fingerprint density at radius 2 is 1.56 bits per heavy atom. The molecule has 0 amide bonds. The summed E-state index contributed by atoms with van der Waals surface area (Å²) in [4.78, 5) is 11.8. The predicted octanol–water partition coefficient (Wildman–Crippen LogP) is 4.14. The summed E-state index contributed by atoms with van der Waals surface area (Å²) in [6.07, 6.45) is 0.807. The lowest BCUT2D eigenvalue weighted by atomic mass is 9.86. The van der Waals surface area contributed by atoms with Crippen molar-refractivity contribution >= 4 is 27.9 Å². The fourth-order valence-corrected chi connectivity index (χ4v) is 4.00. The van der Waals surface area contributed by atoms with E-state index in [0.29, 0.717) is 10.6 Å². The van der Waals surface area contributed by atoms with Gasteiger partial charge < -0.3 is 4.79 Å². The van der Waals surface area contributed by atoms with Crippen LogP contribution in [0.2, 0.25) is 5.02 Å². The number of aldehydes is 1. The Hall–Kier alpha value is -1.69. The van der Waals surface area contributed by atoms with Crippen LogP contribution in [0.4, 0.5) is 0 Å². The molecule has 0 unspecified atom stereocenters. The Balaban J connectivity index is 2.43. The highest BCUT2D eigenvalue weighted by atomic mass is 35.5. The lowest BCUT2D eigenvalue weighted by molar-refractivity contribution is -0.113. The van der Waals surface area contributed by atoms with E-state index >= 15 is 0 Å². The van der Waals surface area contributed by atoms with Gasteiger partial charge in [0.15, 0.2) is 0 Å². The molecule has 0 aromatic heterocycles. The minimum Gasteiger partial charge on any atom is -0.303 e. The van der Waals surface area contributed by atoms with E-state index in [1.54, 1.807) is 48.5 Å². The molecule has 0 aliphatic heterocycles. The molecule has 0 heterocycles. The molecule has 0 aliphatic rings. The molecule has 2 atom stereocenters. The fraction of sp³-hybridized carbons (Fsp3) is 0.316. The highest BCUT2D eigenvalue weighted by Crippen LogP contribution is 2.29. The lowest BCUT2D eigenvalue weighted by Gasteiger charge is -2.27. The van der Waals surface area contributed by atoms with E-state index in [0.717, 1.165) is 11.8 Å². The van der Waals surface area contributed by atoms with Crippen LogP contribution in [0.25, 0.3) is 0 Å². The molecule has 0 saturated carbocycles. The Labute approximate surface area is 154 Å². The predicted molar refractivity (Wildman–Crippen MR) is 100 cm³/mol. The van der Waals surface area contributed by atoms with Crippen LogP contribution >= 0.6 is 11.6 Å². The second-order valence-electron chi connectivity index (χ2n) is 6.42.